The highest BCUT2D eigenvalue weighted by atomic mass is 35.5. The van der Waals surface area contributed by atoms with Gasteiger partial charge in [-0.1, -0.05) is 54.4 Å². The Kier molecular flexibility index (Phi) is 9.57. The average Bonchev–Trinajstić information content (AvgIpc) is 2.74. The molecule has 0 heterocycles. The van der Waals surface area contributed by atoms with Crippen molar-refractivity contribution in [1.29, 1.82) is 0 Å². The van der Waals surface area contributed by atoms with E-state index in [1.165, 1.54) is 23.1 Å². The average molecular weight is 514 g/mol. The van der Waals surface area contributed by atoms with Crippen molar-refractivity contribution in [2.24, 2.45) is 0 Å². The monoisotopic (exact) mass is 513 g/mol. The second kappa shape index (κ2) is 11.7. The van der Waals surface area contributed by atoms with E-state index in [-0.39, 0.29) is 28.2 Å². The van der Waals surface area contributed by atoms with Crippen molar-refractivity contribution < 1.29 is 18.0 Å². The third-order valence-electron chi connectivity index (χ3n) is 5.19. The van der Waals surface area contributed by atoms with Gasteiger partial charge < -0.3 is 10.2 Å². The number of nitrogens with zero attached hydrogens (tertiary/aromatic N) is 2. The van der Waals surface area contributed by atoms with Crippen LogP contribution < -0.4 is 9.62 Å². The van der Waals surface area contributed by atoms with Crippen LogP contribution in [0.15, 0.2) is 42.5 Å². The van der Waals surface area contributed by atoms with Gasteiger partial charge in [0.05, 0.1) is 17.0 Å². The SMILES string of the molecule is CCNC(=O)[C@H](CC)N(Cc1ccccc1C)C(=O)CN(c1cc(Cl)ccc1Cl)S(C)(=O)=O. The van der Waals surface area contributed by atoms with Crippen LogP contribution in [0.5, 0.6) is 0 Å². The number of likely N-dealkylation sites (N-methyl/N-ethyl adjacent to an activating group) is 1. The highest BCUT2D eigenvalue weighted by Gasteiger charge is 2.32. The van der Waals surface area contributed by atoms with Gasteiger partial charge in [-0.2, -0.15) is 0 Å². The van der Waals surface area contributed by atoms with Gasteiger partial charge in [0.2, 0.25) is 21.8 Å². The van der Waals surface area contributed by atoms with Gasteiger partial charge in [-0.05, 0) is 49.6 Å². The van der Waals surface area contributed by atoms with Crippen LogP contribution in [-0.4, -0.2) is 50.5 Å². The van der Waals surface area contributed by atoms with Gasteiger partial charge >= 0.3 is 0 Å². The fourth-order valence-corrected chi connectivity index (χ4v) is 4.74. The van der Waals surface area contributed by atoms with E-state index >= 15 is 0 Å². The molecule has 0 aliphatic heterocycles. The predicted octanol–water partition coefficient (Wildman–Crippen LogP) is 4.01. The number of nitrogens with one attached hydrogen (secondary N) is 1. The third kappa shape index (κ3) is 7.09. The van der Waals surface area contributed by atoms with Crippen molar-refractivity contribution in [2.45, 2.75) is 39.8 Å². The molecule has 2 rings (SSSR count). The summed E-state index contributed by atoms with van der Waals surface area (Å²) in [6.07, 6.45) is 1.35. The van der Waals surface area contributed by atoms with E-state index in [0.29, 0.717) is 13.0 Å². The van der Waals surface area contributed by atoms with Crippen molar-refractivity contribution >= 4 is 50.7 Å². The smallest absolute Gasteiger partial charge is 0.244 e. The predicted molar refractivity (Wildman–Crippen MR) is 133 cm³/mol. The molecule has 0 saturated heterocycles. The molecular formula is C23H29Cl2N3O4S. The zero-order valence-electron chi connectivity index (χ0n) is 19.1. The van der Waals surface area contributed by atoms with Gasteiger partial charge in [0.1, 0.15) is 12.6 Å². The van der Waals surface area contributed by atoms with Crippen LogP contribution >= 0.6 is 23.2 Å². The van der Waals surface area contributed by atoms with E-state index in [0.717, 1.165) is 21.7 Å². The van der Waals surface area contributed by atoms with Crippen LogP contribution in [0, 0.1) is 6.92 Å². The first-order valence-corrected chi connectivity index (χ1v) is 13.1. The molecular weight excluding hydrogens is 485 g/mol. The van der Waals surface area contributed by atoms with Crippen LogP contribution in [-0.2, 0) is 26.2 Å². The molecule has 7 nitrogen and oxygen atoms in total. The minimum Gasteiger partial charge on any atom is -0.355 e. The number of hydrogen-bond donors (Lipinski definition) is 1. The Morgan fingerprint density at radius 1 is 1.09 bits per heavy atom. The second-order valence-corrected chi connectivity index (χ2v) is 10.4. The van der Waals surface area contributed by atoms with Crippen LogP contribution in [0.3, 0.4) is 0 Å². The summed E-state index contributed by atoms with van der Waals surface area (Å²) in [5, 5.41) is 3.18. The van der Waals surface area contributed by atoms with Crippen molar-refractivity contribution in [3.63, 3.8) is 0 Å². The summed E-state index contributed by atoms with van der Waals surface area (Å²) in [6.45, 7) is 5.56. The molecule has 0 bridgehead atoms. The molecule has 0 aromatic heterocycles. The first-order chi connectivity index (χ1) is 15.5. The maximum atomic E-state index is 13.6. The van der Waals surface area contributed by atoms with Gasteiger partial charge in [0.15, 0.2) is 0 Å². The zero-order valence-corrected chi connectivity index (χ0v) is 21.5. The van der Waals surface area contributed by atoms with Crippen molar-refractivity contribution in [3.8, 4) is 0 Å². The lowest BCUT2D eigenvalue weighted by molar-refractivity contribution is -0.140. The van der Waals surface area contributed by atoms with E-state index in [4.69, 9.17) is 23.2 Å². The number of amides is 2. The van der Waals surface area contributed by atoms with Gasteiger partial charge in [-0.25, -0.2) is 8.42 Å². The molecule has 0 spiro atoms. The fraction of sp³-hybridized carbons (Fsp3) is 0.391. The summed E-state index contributed by atoms with van der Waals surface area (Å²) in [7, 11) is -3.89. The van der Waals surface area contributed by atoms with Crippen molar-refractivity contribution in [2.75, 3.05) is 23.7 Å². The Labute approximate surface area is 205 Å². The van der Waals surface area contributed by atoms with E-state index in [2.05, 4.69) is 5.32 Å². The molecule has 0 saturated carbocycles. The molecule has 0 aliphatic carbocycles. The lowest BCUT2D eigenvalue weighted by Crippen LogP contribution is -2.52. The van der Waals surface area contributed by atoms with Crippen LogP contribution in [0.2, 0.25) is 10.0 Å². The first kappa shape index (κ1) is 27.0. The molecule has 0 fully saturated rings. The molecule has 0 aliphatic rings. The summed E-state index contributed by atoms with van der Waals surface area (Å²) >= 11 is 12.3. The highest BCUT2D eigenvalue weighted by molar-refractivity contribution is 7.92. The quantitative estimate of drug-likeness (QED) is 0.519. The van der Waals surface area contributed by atoms with Crippen LogP contribution in [0.1, 0.15) is 31.4 Å². The topological polar surface area (TPSA) is 86.8 Å². The molecule has 180 valence electrons. The Hall–Kier alpha value is -2.29. The van der Waals surface area contributed by atoms with E-state index < -0.39 is 28.5 Å². The number of anilines is 1. The lowest BCUT2D eigenvalue weighted by atomic mass is 10.1. The number of carbonyl (C=O) groups excluding carboxylic acids is 2. The van der Waals surface area contributed by atoms with Gasteiger partial charge in [0.25, 0.3) is 0 Å². The fourth-order valence-electron chi connectivity index (χ4n) is 3.45. The van der Waals surface area contributed by atoms with Gasteiger partial charge in [-0.3, -0.25) is 13.9 Å². The van der Waals surface area contributed by atoms with Gasteiger partial charge in [-0.15, -0.1) is 0 Å². The zero-order chi connectivity index (χ0) is 24.8. The number of benzene rings is 2. The second-order valence-electron chi connectivity index (χ2n) is 7.63. The summed E-state index contributed by atoms with van der Waals surface area (Å²) in [6, 6.07) is 11.2. The molecule has 2 aromatic carbocycles. The lowest BCUT2D eigenvalue weighted by Gasteiger charge is -2.33. The molecule has 2 aromatic rings. The minimum absolute atomic E-state index is 0.0990. The van der Waals surface area contributed by atoms with Crippen molar-refractivity contribution in [3.05, 3.63) is 63.6 Å². The Morgan fingerprint density at radius 3 is 2.33 bits per heavy atom. The van der Waals surface area contributed by atoms with Gasteiger partial charge in [0, 0.05) is 18.1 Å². The van der Waals surface area contributed by atoms with Crippen LogP contribution in [0.4, 0.5) is 5.69 Å². The van der Waals surface area contributed by atoms with E-state index in [1.807, 2.05) is 31.2 Å². The molecule has 0 unspecified atom stereocenters. The Bertz CT molecular complexity index is 1110. The number of aryl methyl sites for hydroxylation is 1. The third-order valence-corrected chi connectivity index (χ3v) is 6.88. The van der Waals surface area contributed by atoms with Crippen molar-refractivity contribution in [1.82, 2.24) is 10.2 Å². The summed E-state index contributed by atoms with van der Waals surface area (Å²) < 4.78 is 26.1. The standard InChI is InChI=1S/C23H29Cl2N3O4S/c1-5-20(23(30)26-6-2)27(14-17-10-8-7-9-16(17)3)22(29)15-28(33(4,31)32)21-13-18(24)11-12-19(21)25/h7-13,20H,5-6,14-15H2,1-4H3,(H,26,30)/t20-/m0/s1. The number of carbonyl (C=O) groups is 2. The van der Waals surface area contributed by atoms with E-state index in [9.17, 15) is 18.0 Å². The number of hydrogen-bond acceptors (Lipinski definition) is 4. The minimum atomic E-state index is -3.89. The molecule has 0 radical (unpaired) electrons. The first-order valence-electron chi connectivity index (χ1n) is 10.5. The normalized spacial score (nSPS) is 12.2. The number of rotatable bonds is 10. The Morgan fingerprint density at radius 2 is 1.76 bits per heavy atom. The maximum Gasteiger partial charge on any atom is 0.244 e. The van der Waals surface area contributed by atoms with E-state index in [1.54, 1.807) is 13.8 Å². The summed E-state index contributed by atoms with van der Waals surface area (Å²) in [5.74, 6) is -0.827. The van der Waals surface area contributed by atoms with Crippen LogP contribution in [0.25, 0.3) is 0 Å². The highest BCUT2D eigenvalue weighted by Crippen LogP contribution is 2.31. The maximum absolute atomic E-state index is 13.6. The molecule has 33 heavy (non-hydrogen) atoms. The molecule has 1 atom stereocenters. The molecule has 2 amide bonds. The largest absolute Gasteiger partial charge is 0.355 e. The Balaban J connectivity index is 2.49. The summed E-state index contributed by atoms with van der Waals surface area (Å²) in [4.78, 5) is 27.8. The number of sulfonamides is 1. The molecule has 10 heteroatoms. The molecule has 1 N–H and O–H groups in total. The number of halogens is 2. The summed E-state index contributed by atoms with van der Waals surface area (Å²) in [5.41, 5.74) is 1.92.